The van der Waals surface area contributed by atoms with Crippen molar-refractivity contribution in [3.05, 3.63) is 58.7 Å². The molecule has 1 aromatic carbocycles. The maximum atomic E-state index is 8.50. The fourth-order valence-corrected chi connectivity index (χ4v) is 1.54. The van der Waals surface area contributed by atoms with Crippen molar-refractivity contribution in [1.29, 1.82) is 0 Å². The lowest BCUT2D eigenvalue weighted by atomic mass is 10.0. The van der Waals surface area contributed by atoms with Gasteiger partial charge in [-0.3, -0.25) is 4.98 Å². The lowest BCUT2D eigenvalue weighted by molar-refractivity contribution is 1.32. The highest BCUT2D eigenvalue weighted by atomic mass is 15.1. The van der Waals surface area contributed by atoms with Crippen LogP contribution in [0.1, 0.15) is 5.56 Å². The summed E-state index contributed by atoms with van der Waals surface area (Å²) in [5.41, 5.74) is 12.1. The van der Waals surface area contributed by atoms with Gasteiger partial charge in [0.25, 0.3) is 0 Å². The number of azide groups is 1. The third-order valence-electron chi connectivity index (χ3n) is 2.28. The SMILES string of the molecule is Cc1ccc(N=[N+]=[N-])c(-c2cccnc2)c1. The Balaban J connectivity index is 2.62. The summed E-state index contributed by atoms with van der Waals surface area (Å²) in [5.74, 6) is 0. The van der Waals surface area contributed by atoms with Crippen molar-refractivity contribution in [3.8, 4) is 11.1 Å². The largest absolute Gasteiger partial charge is 0.264 e. The molecule has 0 amide bonds. The van der Waals surface area contributed by atoms with Gasteiger partial charge in [0.2, 0.25) is 0 Å². The fraction of sp³-hybridized carbons (Fsp3) is 0.0833. The highest BCUT2D eigenvalue weighted by Gasteiger charge is 2.03. The van der Waals surface area contributed by atoms with E-state index in [1.54, 1.807) is 12.4 Å². The van der Waals surface area contributed by atoms with Crippen LogP contribution in [0.25, 0.3) is 21.6 Å². The Morgan fingerprint density at radius 3 is 2.88 bits per heavy atom. The van der Waals surface area contributed by atoms with E-state index in [9.17, 15) is 0 Å². The van der Waals surface area contributed by atoms with E-state index in [1.807, 2.05) is 37.3 Å². The lowest BCUT2D eigenvalue weighted by Crippen LogP contribution is -1.81. The molecule has 2 aromatic rings. The van der Waals surface area contributed by atoms with Gasteiger partial charge in [0, 0.05) is 28.6 Å². The summed E-state index contributed by atoms with van der Waals surface area (Å²) in [4.78, 5) is 6.88. The second-order valence-corrected chi connectivity index (χ2v) is 3.45. The van der Waals surface area contributed by atoms with Crippen molar-refractivity contribution < 1.29 is 0 Å². The Bertz CT molecular complexity index is 542. The van der Waals surface area contributed by atoms with Crippen LogP contribution in [-0.4, -0.2) is 4.98 Å². The quantitative estimate of drug-likeness (QED) is 0.419. The van der Waals surface area contributed by atoms with E-state index >= 15 is 0 Å². The number of aromatic nitrogens is 1. The number of benzene rings is 1. The highest BCUT2D eigenvalue weighted by molar-refractivity contribution is 5.75. The van der Waals surface area contributed by atoms with Crippen LogP contribution in [0.3, 0.4) is 0 Å². The van der Waals surface area contributed by atoms with Crippen molar-refractivity contribution >= 4 is 5.69 Å². The number of aryl methyl sites for hydroxylation is 1. The predicted molar refractivity (Wildman–Crippen MR) is 63.2 cm³/mol. The van der Waals surface area contributed by atoms with Crippen LogP contribution in [0.5, 0.6) is 0 Å². The number of rotatable bonds is 2. The Morgan fingerprint density at radius 1 is 1.31 bits per heavy atom. The number of hydrogen-bond acceptors (Lipinski definition) is 2. The third-order valence-corrected chi connectivity index (χ3v) is 2.28. The topological polar surface area (TPSA) is 61.7 Å². The monoisotopic (exact) mass is 210 g/mol. The van der Waals surface area contributed by atoms with E-state index in [2.05, 4.69) is 15.0 Å². The molecule has 0 fully saturated rings. The van der Waals surface area contributed by atoms with Gasteiger partial charge in [-0.05, 0) is 24.1 Å². The summed E-state index contributed by atoms with van der Waals surface area (Å²) in [6, 6.07) is 9.53. The normalized spacial score (nSPS) is 9.56. The first kappa shape index (κ1) is 10.2. The molecule has 1 aromatic heterocycles. The Kier molecular flexibility index (Phi) is 2.85. The van der Waals surface area contributed by atoms with Gasteiger partial charge in [-0.1, -0.05) is 34.9 Å². The molecular weight excluding hydrogens is 200 g/mol. The zero-order valence-electron chi connectivity index (χ0n) is 8.83. The summed E-state index contributed by atoms with van der Waals surface area (Å²) in [7, 11) is 0. The van der Waals surface area contributed by atoms with Crippen LogP contribution < -0.4 is 0 Å². The van der Waals surface area contributed by atoms with Crippen LogP contribution in [-0.2, 0) is 0 Å². The molecule has 0 aliphatic carbocycles. The molecular formula is C12H10N4. The molecule has 4 heteroatoms. The minimum atomic E-state index is 0.626. The van der Waals surface area contributed by atoms with Crippen LogP contribution in [0.15, 0.2) is 47.8 Å². The minimum absolute atomic E-state index is 0.626. The van der Waals surface area contributed by atoms with Crippen molar-refractivity contribution in [2.24, 2.45) is 5.11 Å². The first-order valence-corrected chi connectivity index (χ1v) is 4.87. The third kappa shape index (κ3) is 2.02. The van der Waals surface area contributed by atoms with Crippen LogP contribution in [0, 0.1) is 6.92 Å². The molecule has 78 valence electrons. The van der Waals surface area contributed by atoms with Crippen molar-refractivity contribution in [2.45, 2.75) is 6.92 Å². The van der Waals surface area contributed by atoms with Crippen LogP contribution in [0.2, 0.25) is 0 Å². The molecule has 2 rings (SSSR count). The zero-order valence-corrected chi connectivity index (χ0v) is 8.83. The molecule has 4 nitrogen and oxygen atoms in total. The van der Waals surface area contributed by atoms with E-state index in [0.29, 0.717) is 5.69 Å². The van der Waals surface area contributed by atoms with Gasteiger partial charge in [-0.15, -0.1) is 0 Å². The average molecular weight is 210 g/mol. The standard InChI is InChI=1S/C12H10N4/c1-9-4-5-12(15-16-13)11(7-9)10-3-2-6-14-8-10/h2-8H,1H3. The summed E-state index contributed by atoms with van der Waals surface area (Å²) in [5, 5.41) is 3.68. The second kappa shape index (κ2) is 4.47. The van der Waals surface area contributed by atoms with Crippen LogP contribution in [0.4, 0.5) is 5.69 Å². The van der Waals surface area contributed by atoms with Gasteiger partial charge in [-0.2, -0.15) is 0 Å². The zero-order chi connectivity index (χ0) is 11.4. The maximum absolute atomic E-state index is 8.50. The summed E-state index contributed by atoms with van der Waals surface area (Å²) < 4.78 is 0. The highest BCUT2D eigenvalue weighted by Crippen LogP contribution is 2.30. The number of pyridine rings is 1. The van der Waals surface area contributed by atoms with Gasteiger partial charge in [0.05, 0.1) is 0 Å². The van der Waals surface area contributed by atoms with Gasteiger partial charge in [-0.25, -0.2) is 0 Å². The summed E-state index contributed by atoms with van der Waals surface area (Å²) >= 11 is 0. The second-order valence-electron chi connectivity index (χ2n) is 3.45. The van der Waals surface area contributed by atoms with Gasteiger partial charge in [0.15, 0.2) is 0 Å². The van der Waals surface area contributed by atoms with Gasteiger partial charge >= 0.3 is 0 Å². The van der Waals surface area contributed by atoms with Gasteiger partial charge < -0.3 is 0 Å². The van der Waals surface area contributed by atoms with Crippen molar-refractivity contribution in [3.63, 3.8) is 0 Å². The molecule has 0 saturated heterocycles. The molecule has 0 bridgehead atoms. The predicted octanol–water partition coefficient (Wildman–Crippen LogP) is 4.00. The Hall–Kier alpha value is -2.32. The van der Waals surface area contributed by atoms with E-state index in [1.165, 1.54) is 0 Å². The Labute approximate surface area is 93.2 Å². The summed E-state index contributed by atoms with van der Waals surface area (Å²) in [6.07, 6.45) is 3.47. The minimum Gasteiger partial charge on any atom is -0.264 e. The van der Waals surface area contributed by atoms with Crippen LogP contribution >= 0.6 is 0 Å². The first-order valence-electron chi connectivity index (χ1n) is 4.87. The molecule has 0 aliphatic rings. The molecule has 0 spiro atoms. The molecule has 16 heavy (non-hydrogen) atoms. The van der Waals surface area contributed by atoms with Crippen molar-refractivity contribution in [2.75, 3.05) is 0 Å². The number of nitrogens with zero attached hydrogens (tertiary/aromatic N) is 4. The molecule has 0 saturated carbocycles. The summed E-state index contributed by atoms with van der Waals surface area (Å²) in [6.45, 7) is 2.00. The first-order chi connectivity index (χ1) is 7.81. The number of hydrogen-bond donors (Lipinski definition) is 0. The maximum Gasteiger partial charge on any atom is 0.0454 e. The van der Waals surface area contributed by atoms with E-state index in [4.69, 9.17) is 5.53 Å². The molecule has 0 atom stereocenters. The molecule has 0 unspecified atom stereocenters. The smallest absolute Gasteiger partial charge is 0.0454 e. The van der Waals surface area contributed by atoms with Crippen molar-refractivity contribution in [1.82, 2.24) is 4.98 Å². The Morgan fingerprint density at radius 2 is 2.19 bits per heavy atom. The lowest BCUT2D eigenvalue weighted by Gasteiger charge is -2.05. The van der Waals surface area contributed by atoms with E-state index in [-0.39, 0.29) is 0 Å². The fourth-order valence-electron chi connectivity index (χ4n) is 1.54. The van der Waals surface area contributed by atoms with E-state index in [0.717, 1.165) is 16.7 Å². The molecule has 0 aliphatic heterocycles. The molecule has 1 heterocycles. The average Bonchev–Trinajstić information content (AvgIpc) is 2.33. The van der Waals surface area contributed by atoms with Gasteiger partial charge in [0.1, 0.15) is 0 Å². The molecule has 0 radical (unpaired) electrons. The molecule has 0 N–H and O–H groups in total. The van der Waals surface area contributed by atoms with E-state index < -0.39 is 0 Å².